The van der Waals surface area contributed by atoms with E-state index < -0.39 is 17.6 Å². The van der Waals surface area contributed by atoms with Crippen LogP contribution in [0, 0.1) is 6.92 Å². The highest BCUT2D eigenvalue weighted by Crippen LogP contribution is 2.34. The molecule has 0 bridgehead atoms. The van der Waals surface area contributed by atoms with Gasteiger partial charge in [0.25, 0.3) is 0 Å². The lowest BCUT2D eigenvalue weighted by molar-refractivity contribution is -0.137. The fourth-order valence-electron chi connectivity index (χ4n) is 2.68. The van der Waals surface area contributed by atoms with Gasteiger partial charge in [0, 0.05) is 30.9 Å². The largest absolute Gasteiger partial charge is 0.479 e. The number of primary amides is 1. The number of aryl methyl sites for hydroxylation is 1. The highest BCUT2D eigenvalue weighted by Gasteiger charge is 2.35. The number of amides is 1. The summed E-state index contributed by atoms with van der Waals surface area (Å²) in [5.74, 6) is -0.577. The van der Waals surface area contributed by atoms with Crippen LogP contribution in [0.5, 0.6) is 0 Å². The minimum Gasteiger partial charge on any atom is -0.479 e. The van der Waals surface area contributed by atoms with Crippen LogP contribution in [-0.4, -0.2) is 41.0 Å². The summed E-state index contributed by atoms with van der Waals surface area (Å²) in [6.07, 6.45) is -3.93. The van der Waals surface area contributed by atoms with Gasteiger partial charge in [-0.15, -0.1) is 0 Å². The van der Waals surface area contributed by atoms with Gasteiger partial charge in [-0.05, 0) is 24.6 Å². The summed E-state index contributed by atoms with van der Waals surface area (Å²) < 4.78 is 45.2. The van der Waals surface area contributed by atoms with E-state index in [9.17, 15) is 18.0 Å². The molecule has 1 amide bonds. The van der Waals surface area contributed by atoms with Gasteiger partial charge in [0.15, 0.2) is 5.90 Å². The number of aromatic nitrogens is 2. The molecule has 0 fully saturated rings. The number of nitrogens with one attached hydrogen (secondary N) is 2. The lowest BCUT2D eigenvalue weighted by Gasteiger charge is -2.16. The van der Waals surface area contributed by atoms with Crippen molar-refractivity contribution in [3.63, 3.8) is 0 Å². The predicted octanol–water partition coefficient (Wildman–Crippen LogP) is 2.88. The second-order valence-corrected chi connectivity index (χ2v) is 6.47. The summed E-state index contributed by atoms with van der Waals surface area (Å²) in [7, 11) is 0. The number of nitrogens with two attached hydrogens (primary N) is 1. The molecule has 8 nitrogen and oxygen atoms in total. The molecular formula is C18H19F3N6O2. The van der Waals surface area contributed by atoms with E-state index in [4.69, 9.17) is 10.5 Å². The van der Waals surface area contributed by atoms with Gasteiger partial charge in [-0.2, -0.15) is 18.2 Å². The van der Waals surface area contributed by atoms with Gasteiger partial charge >= 0.3 is 6.18 Å². The number of halogens is 3. The SMILES string of the molecule is CC1=NC(CNc2nc(Nc3cc(C(N)=O)ccc3C)ncc2C(F)(F)F)CO1. The van der Waals surface area contributed by atoms with Crippen LogP contribution >= 0.6 is 0 Å². The van der Waals surface area contributed by atoms with E-state index in [-0.39, 0.29) is 36.5 Å². The van der Waals surface area contributed by atoms with Gasteiger partial charge in [-0.3, -0.25) is 4.79 Å². The summed E-state index contributed by atoms with van der Waals surface area (Å²) in [5, 5.41) is 5.51. The number of carbonyl (C=O) groups excluding carboxylic acids is 1. The number of carbonyl (C=O) groups is 1. The van der Waals surface area contributed by atoms with Crippen molar-refractivity contribution in [1.82, 2.24) is 9.97 Å². The molecule has 0 radical (unpaired) electrons. The van der Waals surface area contributed by atoms with Crippen molar-refractivity contribution in [1.29, 1.82) is 0 Å². The third-order valence-electron chi connectivity index (χ3n) is 4.22. The first-order valence-electron chi connectivity index (χ1n) is 8.66. The molecule has 4 N–H and O–H groups in total. The number of hydrogen-bond donors (Lipinski definition) is 3. The van der Waals surface area contributed by atoms with Crippen molar-refractivity contribution in [3.05, 3.63) is 41.1 Å². The molecular weight excluding hydrogens is 389 g/mol. The number of rotatable bonds is 6. The van der Waals surface area contributed by atoms with E-state index in [0.717, 1.165) is 5.56 Å². The zero-order valence-corrected chi connectivity index (χ0v) is 15.7. The Morgan fingerprint density at radius 3 is 2.72 bits per heavy atom. The Hall–Kier alpha value is -3.37. The van der Waals surface area contributed by atoms with Crippen LogP contribution in [0.1, 0.15) is 28.4 Å². The molecule has 1 atom stereocenters. The molecule has 2 aromatic rings. The minimum atomic E-state index is -4.63. The average Bonchev–Trinajstić information content (AvgIpc) is 3.06. The number of benzene rings is 1. The fraction of sp³-hybridized carbons (Fsp3) is 0.333. The Kier molecular flexibility index (Phi) is 5.57. The molecule has 11 heteroatoms. The zero-order valence-electron chi connectivity index (χ0n) is 15.7. The second kappa shape index (κ2) is 7.94. The van der Waals surface area contributed by atoms with Gasteiger partial charge < -0.3 is 21.1 Å². The van der Waals surface area contributed by atoms with Crippen molar-refractivity contribution < 1.29 is 22.7 Å². The minimum absolute atomic E-state index is 0.0624. The van der Waals surface area contributed by atoms with E-state index in [0.29, 0.717) is 17.8 Å². The van der Waals surface area contributed by atoms with Crippen molar-refractivity contribution in [2.45, 2.75) is 26.1 Å². The summed E-state index contributed by atoms with van der Waals surface area (Å²) >= 11 is 0. The average molecular weight is 408 g/mol. The smallest absolute Gasteiger partial charge is 0.421 e. The quantitative estimate of drug-likeness (QED) is 0.677. The Morgan fingerprint density at radius 1 is 1.34 bits per heavy atom. The standard InChI is InChI=1S/C18H19F3N6O2/c1-9-3-4-11(15(22)28)5-14(9)26-17-24-7-13(18(19,20)21)16(27-17)23-6-12-8-29-10(2)25-12/h3-5,7,12H,6,8H2,1-2H3,(H2,22,28)(H2,23,24,26,27). The molecule has 1 aliphatic heterocycles. The second-order valence-electron chi connectivity index (χ2n) is 6.47. The molecule has 0 saturated carbocycles. The first-order chi connectivity index (χ1) is 13.6. The van der Waals surface area contributed by atoms with Gasteiger partial charge in [-0.25, -0.2) is 9.98 Å². The maximum absolute atomic E-state index is 13.3. The number of hydrogen-bond acceptors (Lipinski definition) is 7. The molecule has 1 unspecified atom stereocenters. The first-order valence-corrected chi connectivity index (χ1v) is 8.66. The lowest BCUT2D eigenvalue weighted by Crippen LogP contribution is -2.22. The maximum atomic E-state index is 13.3. The lowest BCUT2D eigenvalue weighted by atomic mass is 10.1. The van der Waals surface area contributed by atoms with Crippen molar-refractivity contribution in [3.8, 4) is 0 Å². The maximum Gasteiger partial charge on any atom is 0.421 e. The van der Waals surface area contributed by atoms with Crippen LogP contribution in [0.2, 0.25) is 0 Å². The normalized spacial score (nSPS) is 16.2. The van der Waals surface area contributed by atoms with E-state index >= 15 is 0 Å². The van der Waals surface area contributed by atoms with Crippen LogP contribution < -0.4 is 16.4 Å². The Balaban J connectivity index is 1.87. The molecule has 154 valence electrons. The third-order valence-corrected chi connectivity index (χ3v) is 4.22. The van der Waals surface area contributed by atoms with Crippen LogP contribution in [0.25, 0.3) is 0 Å². The molecule has 0 spiro atoms. The topological polar surface area (TPSA) is 115 Å². The van der Waals surface area contributed by atoms with Crippen LogP contribution in [0.3, 0.4) is 0 Å². The molecule has 2 heterocycles. The number of alkyl halides is 3. The Labute approximate surface area is 164 Å². The number of nitrogens with zero attached hydrogens (tertiary/aromatic N) is 3. The van der Waals surface area contributed by atoms with Gasteiger partial charge in [0.05, 0.1) is 0 Å². The Morgan fingerprint density at radius 2 is 2.10 bits per heavy atom. The summed E-state index contributed by atoms with van der Waals surface area (Å²) in [6.45, 7) is 3.84. The molecule has 3 rings (SSSR count). The zero-order chi connectivity index (χ0) is 21.2. The van der Waals surface area contributed by atoms with Crippen LogP contribution in [-0.2, 0) is 10.9 Å². The van der Waals surface area contributed by atoms with E-state index in [2.05, 4.69) is 25.6 Å². The first kappa shape index (κ1) is 20.4. The fourth-order valence-corrected chi connectivity index (χ4v) is 2.68. The van der Waals surface area contributed by atoms with E-state index in [1.54, 1.807) is 26.0 Å². The molecule has 1 aliphatic rings. The Bertz CT molecular complexity index is 961. The summed E-state index contributed by atoms with van der Waals surface area (Å²) in [5.41, 5.74) is 5.72. The molecule has 1 aromatic carbocycles. The van der Waals surface area contributed by atoms with E-state index in [1.165, 1.54) is 6.07 Å². The third kappa shape index (κ3) is 4.92. The number of ether oxygens (including phenoxy) is 1. The van der Waals surface area contributed by atoms with Crippen molar-refractivity contribution >= 4 is 29.3 Å². The van der Waals surface area contributed by atoms with Crippen molar-refractivity contribution in [2.75, 3.05) is 23.8 Å². The van der Waals surface area contributed by atoms with Crippen LogP contribution in [0.4, 0.5) is 30.6 Å². The van der Waals surface area contributed by atoms with Gasteiger partial charge in [-0.1, -0.05) is 6.07 Å². The molecule has 0 aliphatic carbocycles. The van der Waals surface area contributed by atoms with Crippen molar-refractivity contribution in [2.24, 2.45) is 10.7 Å². The highest BCUT2D eigenvalue weighted by molar-refractivity contribution is 5.94. The number of anilines is 3. The monoisotopic (exact) mass is 408 g/mol. The molecule has 29 heavy (non-hydrogen) atoms. The predicted molar refractivity (Wildman–Crippen MR) is 101 cm³/mol. The summed E-state index contributed by atoms with van der Waals surface area (Å²) in [6, 6.07) is 4.39. The van der Waals surface area contributed by atoms with Gasteiger partial charge in [0.2, 0.25) is 11.9 Å². The van der Waals surface area contributed by atoms with Gasteiger partial charge in [0.1, 0.15) is 24.0 Å². The molecule has 0 saturated heterocycles. The molecule has 1 aromatic heterocycles. The number of aliphatic imine (C=N–C) groups is 1. The van der Waals surface area contributed by atoms with Crippen LogP contribution in [0.15, 0.2) is 29.4 Å². The summed E-state index contributed by atoms with van der Waals surface area (Å²) in [4.78, 5) is 23.3. The van der Waals surface area contributed by atoms with E-state index in [1.807, 2.05) is 0 Å². The highest BCUT2D eigenvalue weighted by atomic mass is 19.4.